The molecule has 8 heteroatoms. The number of carboxylic acids is 1. The number of hydrogen-bond acceptors (Lipinski definition) is 4. The second-order valence-electron chi connectivity index (χ2n) is 5.38. The molecule has 5 nitrogen and oxygen atoms in total. The third-order valence-corrected chi connectivity index (χ3v) is 3.73. The smallest absolute Gasteiger partial charge is 0.339 e. The van der Waals surface area contributed by atoms with Crippen LogP contribution in [-0.2, 0) is 0 Å². The summed E-state index contributed by atoms with van der Waals surface area (Å²) in [6.07, 6.45) is 1.33. The molecule has 27 heavy (non-hydrogen) atoms. The van der Waals surface area contributed by atoms with Gasteiger partial charge in [-0.15, -0.1) is 0 Å². The predicted octanol–water partition coefficient (Wildman–Crippen LogP) is 4.10. The van der Waals surface area contributed by atoms with E-state index in [0.717, 1.165) is 12.1 Å². The molecule has 0 spiro atoms. The quantitative estimate of drug-likeness (QED) is 0.668. The van der Waals surface area contributed by atoms with Gasteiger partial charge in [0, 0.05) is 25.1 Å². The van der Waals surface area contributed by atoms with Gasteiger partial charge in [0.05, 0.1) is 7.11 Å². The van der Waals surface area contributed by atoms with E-state index in [2.05, 4.69) is 10.3 Å². The number of anilines is 2. The summed E-state index contributed by atoms with van der Waals surface area (Å²) >= 11 is 0. The first-order valence-corrected chi connectivity index (χ1v) is 7.58. The summed E-state index contributed by atoms with van der Waals surface area (Å²) in [5, 5.41) is 11.6. The van der Waals surface area contributed by atoms with Gasteiger partial charge < -0.3 is 15.2 Å². The number of methoxy groups -OCH3 is 1. The average molecular weight is 363 g/mol. The van der Waals surface area contributed by atoms with Crippen LogP contribution in [-0.4, -0.2) is 42.0 Å². The van der Waals surface area contributed by atoms with Crippen molar-refractivity contribution >= 4 is 36.3 Å². The molecular formula is C19H14F2LiN2O3. The number of pyridine rings is 1. The molecule has 133 valence electrons. The molecule has 1 heterocycles. The molecule has 2 N–H and O–H groups in total. The molecule has 0 atom stereocenters. The van der Waals surface area contributed by atoms with Gasteiger partial charge in [-0.1, -0.05) is 12.1 Å². The summed E-state index contributed by atoms with van der Waals surface area (Å²) in [6, 6.07) is 11.8. The Morgan fingerprint density at radius 2 is 1.78 bits per heavy atom. The summed E-state index contributed by atoms with van der Waals surface area (Å²) < 4.78 is 34.1. The van der Waals surface area contributed by atoms with Crippen molar-refractivity contribution in [3.05, 3.63) is 71.9 Å². The zero-order valence-corrected chi connectivity index (χ0v) is 14.7. The van der Waals surface area contributed by atoms with Gasteiger partial charge in [0.2, 0.25) is 0 Å². The fraction of sp³-hybridized carbons (Fsp3) is 0.0526. The van der Waals surface area contributed by atoms with Crippen molar-refractivity contribution < 1.29 is 23.4 Å². The number of carboxylic acid groups (broad SMARTS) is 1. The molecule has 0 aliphatic rings. The van der Waals surface area contributed by atoms with E-state index in [1.807, 2.05) is 0 Å². The molecule has 0 amide bonds. The van der Waals surface area contributed by atoms with E-state index < -0.39 is 23.3 Å². The SMILES string of the molecule is COc1cccc(-c2cc(F)c(Nc3ncccc3C(=O)O)c(F)c2)c1.[Li]. The Balaban J connectivity index is 0.00000261. The molecular weight excluding hydrogens is 349 g/mol. The second kappa shape index (κ2) is 8.67. The number of carbonyl (C=O) groups is 1. The van der Waals surface area contributed by atoms with Crippen LogP contribution in [0.4, 0.5) is 20.3 Å². The Morgan fingerprint density at radius 1 is 1.07 bits per heavy atom. The topological polar surface area (TPSA) is 71.5 Å². The fourth-order valence-corrected chi connectivity index (χ4v) is 2.46. The van der Waals surface area contributed by atoms with Gasteiger partial charge >= 0.3 is 5.97 Å². The molecule has 0 unspecified atom stereocenters. The molecule has 3 rings (SSSR count). The first-order chi connectivity index (χ1) is 12.5. The van der Waals surface area contributed by atoms with Gasteiger partial charge in [-0.3, -0.25) is 0 Å². The molecule has 0 aliphatic heterocycles. The Morgan fingerprint density at radius 3 is 2.41 bits per heavy atom. The summed E-state index contributed by atoms with van der Waals surface area (Å²) in [7, 11) is 1.50. The van der Waals surface area contributed by atoms with Crippen LogP contribution in [0.1, 0.15) is 10.4 Å². The first-order valence-electron chi connectivity index (χ1n) is 7.58. The average Bonchev–Trinajstić information content (AvgIpc) is 2.64. The summed E-state index contributed by atoms with van der Waals surface area (Å²) in [5.74, 6) is -2.58. The third-order valence-electron chi connectivity index (χ3n) is 3.73. The number of nitrogens with one attached hydrogen (secondary N) is 1. The maximum Gasteiger partial charge on any atom is 0.339 e. The minimum Gasteiger partial charge on any atom is -0.497 e. The van der Waals surface area contributed by atoms with Crippen LogP contribution in [0.25, 0.3) is 11.1 Å². The van der Waals surface area contributed by atoms with Crippen molar-refractivity contribution in [2.75, 3.05) is 12.4 Å². The number of aromatic carboxylic acids is 1. The van der Waals surface area contributed by atoms with Crippen LogP contribution in [0, 0.1) is 11.6 Å². The molecule has 1 aromatic heterocycles. The number of aromatic nitrogens is 1. The van der Waals surface area contributed by atoms with Crippen LogP contribution in [0.5, 0.6) is 5.75 Å². The molecule has 0 bridgehead atoms. The Kier molecular flexibility index (Phi) is 6.56. The van der Waals surface area contributed by atoms with Crippen LogP contribution in [0.3, 0.4) is 0 Å². The van der Waals surface area contributed by atoms with E-state index in [4.69, 9.17) is 9.84 Å². The van der Waals surface area contributed by atoms with E-state index in [0.29, 0.717) is 16.9 Å². The number of ether oxygens (including phenoxy) is 1. The van der Waals surface area contributed by atoms with Gasteiger partial charge in [-0.05, 0) is 47.5 Å². The van der Waals surface area contributed by atoms with Gasteiger partial charge in [-0.25, -0.2) is 18.6 Å². The van der Waals surface area contributed by atoms with Crippen LogP contribution >= 0.6 is 0 Å². The van der Waals surface area contributed by atoms with Gasteiger partial charge in [-0.2, -0.15) is 0 Å². The van der Waals surface area contributed by atoms with E-state index in [1.54, 1.807) is 24.3 Å². The standard InChI is InChI=1S/C19H14F2N2O3.Li/c1-26-13-5-2-4-11(8-13)12-9-15(20)17(16(21)10-12)23-18-14(19(24)25)6-3-7-22-18;/h2-10H,1H3,(H,22,23)(H,24,25);. The minimum atomic E-state index is -1.26. The number of halogens is 2. The van der Waals surface area contributed by atoms with Gasteiger partial charge in [0.1, 0.15) is 34.5 Å². The van der Waals surface area contributed by atoms with Crippen molar-refractivity contribution in [1.29, 1.82) is 0 Å². The zero-order valence-electron chi connectivity index (χ0n) is 14.7. The van der Waals surface area contributed by atoms with Crippen molar-refractivity contribution in [3.63, 3.8) is 0 Å². The summed E-state index contributed by atoms with van der Waals surface area (Å²) in [6.45, 7) is 0. The Hall–Kier alpha value is -2.88. The maximum absolute atomic E-state index is 14.5. The van der Waals surface area contributed by atoms with E-state index in [-0.39, 0.29) is 30.2 Å². The first kappa shape index (κ1) is 20.4. The van der Waals surface area contributed by atoms with Crippen molar-refractivity contribution in [1.82, 2.24) is 4.98 Å². The molecule has 0 fully saturated rings. The second-order valence-corrected chi connectivity index (χ2v) is 5.38. The molecule has 0 saturated carbocycles. The number of nitrogens with zero attached hydrogens (tertiary/aromatic N) is 1. The molecule has 2 aromatic carbocycles. The van der Waals surface area contributed by atoms with Crippen LogP contribution in [0.15, 0.2) is 54.7 Å². The monoisotopic (exact) mass is 363 g/mol. The predicted molar refractivity (Wildman–Crippen MR) is 98.6 cm³/mol. The van der Waals surface area contributed by atoms with E-state index in [1.165, 1.54) is 25.4 Å². The molecule has 3 aromatic rings. The fourth-order valence-electron chi connectivity index (χ4n) is 2.46. The van der Waals surface area contributed by atoms with Gasteiger partial charge in [0.25, 0.3) is 0 Å². The Labute approximate surface area is 166 Å². The zero-order chi connectivity index (χ0) is 18.7. The maximum atomic E-state index is 14.5. The number of benzene rings is 2. The number of rotatable bonds is 5. The molecule has 0 saturated heterocycles. The molecule has 0 aliphatic carbocycles. The normalized spacial score (nSPS) is 10.0. The Bertz CT molecular complexity index is 960. The number of hydrogen-bond donors (Lipinski definition) is 2. The molecule has 1 radical (unpaired) electrons. The van der Waals surface area contributed by atoms with Crippen LogP contribution < -0.4 is 10.1 Å². The minimum absolute atomic E-state index is 0. The van der Waals surface area contributed by atoms with Crippen LogP contribution in [0.2, 0.25) is 0 Å². The van der Waals surface area contributed by atoms with E-state index in [9.17, 15) is 13.6 Å². The van der Waals surface area contributed by atoms with Crippen molar-refractivity contribution in [2.24, 2.45) is 0 Å². The van der Waals surface area contributed by atoms with Crippen molar-refractivity contribution in [3.8, 4) is 16.9 Å². The summed E-state index contributed by atoms with van der Waals surface area (Å²) in [4.78, 5) is 15.0. The summed E-state index contributed by atoms with van der Waals surface area (Å²) in [5.41, 5.74) is 0.239. The van der Waals surface area contributed by atoms with Gasteiger partial charge in [0.15, 0.2) is 0 Å². The third kappa shape index (κ3) is 4.45. The van der Waals surface area contributed by atoms with Crippen molar-refractivity contribution in [2.45, 2.75) is 0 Å². The largest absolute Gasteiger partial charge is 0.497 e. The van der Waals surface area contributed by atoms with E-state index >= 15 is 0 Å².